The Balaban J connectivity index is 1.97. The van der Waals surface area contributed by atoms with Crippen LogP contribution in [0.1, 0.15) is 36.0 Å². The average molecular weight is 234 g/mol. The molecule has 2 unspecified atom stereocenters. The van der Waals surface area contributed by atoms with Crippen LogP contribution in [0, 0.1) is 0 Å². The number of esters is 1. The first-order valence-electron chi connectivity index (χ1n) is 5.81. The molecule has 2 aliphatic rings. The first-order valence-corrected chi connectivity index (χ1v) is 6.69. The number of thioether (sulfide) groups is 1. The van der Waals surface area contributed by atoms with E-state index in [4.69, 9.17) is 4.74 Å². The lowest BCUT2D eigenvalue weighted by atomic mass is 9.97. The molecule has 0 aromatic heterocycles. The van der Waals surface area contributed by atoms with E-state index in [1.807, 2.05) is 36.0 Å². The third kappa shape index (κ3) is 1.73. The SMILES string of the molecule is O=C1OC2CCCCC2Sc2ccccc21. The molecule has 2 atom stereocenters. The van der Waals surface area contributed by atoms with Gasteiger partial charge in [0, 0.05) is 10.1 Å². The van der Waals surface area contributed by atoms with E-state index >= 15 is 0 Å². The van der Waals surface area contributed by atoms with Gasteiger partial charge in [0.1, 0.15) is 6.10 Å². The summed E-state index contributed by atoms with van der Waals surface area (Å²) in [5.41, 5.74) is 0.738. The highest BCUT2D eigenvalue weighted by Crippen LogP contribution is 2.39. The monoisotopic (exact) mass is 234 g/mol. The fraction of sp³-hybridized carbons (Fsp3) is 0.462. The highest BCUT2D eigenvalue weighted by atomic mass is 32.2. The van der Waals surface area contributed by atoms with Crippen LogP contribution >= 0.6 is 11.8 Å². The van der Waals surface area contributed by atoms with Crippen LogP contribution in [-0.4, -0.2) is 17.3 Å². The van der Waals surface area contributed by atoms with Crippen molar-refractivity contribution in [3.8, 4) is 0 Å². The van der Waals surface area contributed by atoms with E-state index in [1.165, 1.54) is 12.8 Å². The quantitative estimate of drug-likeness (QED) is 0.644. The van der Waals surface area contributed by atoms with E-state index in [0.717, 1.165) is 23.3 Å². The van der Waals surface area contributed by atoms with E-state index in [9.17, 15) is 4.79 Å². The molecule has 1 aliphatic heterocycles. The molecule has 1 aromatic rings. The predicted octanol–water partition coefficient (Wildman–Crippen LogP) is 3.26. The first-order chi connectivity index (χ1) is 7.84. The summed E-state index contributed by atoms with van der Waals surface area (Å²) in [6.45, 7) is 0. The minimum Gasteiger partial charge on any atom is -0.458 e. The highest BCUT2D eigenvalue weighted by Gasteiger charge is 2.33. The largest absolute Gasteiger partial charge is 0.458 e. The molecule has 1 heterocycles. The van der Waals surface area contributed by atoms with Gasteiger partial charge >= 0.3 is 5.97 Å². The van der Waals surface area contributed by atoms with Crippen LogP contribution in [0.15, 0.2) is 29.2 Å². The third-order valence-electron chi connectivity index (χ3n) is 3.29. The molecule has 0 amide bonds. The number of carbonyl (C=O) groups excluding carboxylic acids is 1. The molecular formula is C13H14O2S. The zero-order chi connectivity index (χ0) is 11.0. The molecule has 1 saturated carbocycles. The molecule has 1 fully saturated rings. The van der Waals surface area contributed by atoms with Crippen LogP contribution in [0.3, 0.4) is 0 Å². The van der Waals surface area contributed by atoms with Crippen molar-refractivity contribution in [1.82, 2.24) is 0 Å². The van der Waals surface area contributed by atoms with E-state index in [0.29, 0.717) is 5.25 Å². The Morgan fingerprint density at radius 1 is 1.19 bits per heavy atom. The zero-order valence-electron chi connectivity index (χ0n) is 9.02. The summed E-state index contributed by atoms with van der Waals surface area (Å²) in [4.78, 5) is 13.0. The fourth-order valence-electron chi connectivity index (χ4n) is 2.43. The van der Waals surface area contributed by atoms with Crippen molar-refractivity contribution in [2.75, 3.05) is 0 Å². The molecule has 1 aromatic carbocycles. The Morgan fingerprint density at radius 3 is 2.94 bits per heavy atom. The summed E-state index contributed by atoms with van der Waals surface area (Å²) >= 11 is 1.82. The van der Waals surface area contributed by atoms with E-state index in [2.05, 4.69) is 0 Å². The number of hydrogen-bond acceptors (Lipinski definition) is 3. The summed E-state index contributed by atoms with van der Waals surface area (Å²) in [6, 6.07) is 7.78. The molecule has 1 aliphatic carbocycles. The molecule has 0 N–H and O–H groups in total. The van der Waals surface area contributed by atoms with Gasteiger partial charge in [0.2, 0.25) is 0 Å². The summed E-state index contributed by atoms with van der Waals surface area (Å²) in [5.74, 6) is -0.141. The van der Waals surface area contributed by atoms with Crippen LogP contribution in [-0.2, 0) is 4.74 Å². The summed E-state index contributed by atoms with van der Waals surface area (Å²) in [6.07, 6.45) is 4.76. The molecule has 0 radical (unpaired) electrons. The maximum Gasteiger partial charge on any atom is 0.339 e. The smallest absolute Gasteiger partial charge is 0.339 e. The Labute approximate surface area is 99.4 Å². The van der Waals surface area contributed by atoms with Gasteiger partial charge < -0.3 is 4.74 Å². The summed E-state index contributed by atoms with van der Waals surface area (Å²) in [5, 5.41) is 0.460. The number of ether oxygens (including phenoxy) is 1. The van der Waals surface area contributed by atoms with Gasteiger partial charge in [0.15, 0.2) is 0 Å². The Bertz CT molecular complexity index is 416. The molecule has 0 saturated heterocycles. The van der Waals surface area contributed by atoms with E-state index < -0.39 is 0 Å². The van der Waals surface area contributed by atoms with Gasteiger partial charge in [-0.25, -0.2) is 4.79 Å². The van der Waals surface area contributed by atoms with Crippen LogP contribution < -0.4 is 0 Å². The van der Waals surface area contributed by atoms with Crippen molar-refractivity contribution in [2.45, 2.75) is 41.9 Å². The summed E-state index contributed by atoms with van der Waals surface area (Å²) in [7, 11) is 0. The molecule has 0 bridgehead atoms. The van der Waals surface area contributed by atoms with Crippen molar-refractivity contribution in [1.29, 1.82) is 0 Å². The first kappa shape index (κ1) is 10.2. The van der Waals surface area contributed by atoms with Crippen LogP contribution in [0.4, 0.5) is 0 Å². The van der Waals surface area contributed by atoms with Gasteiger partial charge in [-0.15, -0.1) is 11.8 Å². The second-order valence-corrected chi connectivity index (χ2v) is 5.66. The maximum absolute atomic E-state index is 11.9. The summed E-state index contributed by atoms with van der Waals surface area (Å²) < 4.78 is 5.58. The Morgan fingerprint density at radius 2 is 2.00 bits per heavy atom. The standard InChI is InChI=1S/C13H14O2S/c14-13-9-5-1-3-7-11(9)16-12-8-4-2-6-10(12)15-13/h1,3,5,7,10,12H,2,4,6,8H2. The minimum atomic E-state index is -0.141. The highest BCUT2D eigenvalue weighted by molar-refractivity contribution is 8.00. The van der Waals surface area contributed by atoms with Crippen LogP contribution in [0.5, 0.6) is 0 Å². The molecule has 84 valence electrons. The van der Waals surface area contributed by atoms with Gasteiger partial charge in [-0.2, -0.15) is 0 Å². The number of carbonyl (C=O) groups is 1. The normalized spacial score (nSPS) is 28.6. The molecule has 16 heavy (non-hydrogen) atoms. The fourth-order valence-corrected chi connectivity index (χ4v) is 3.82. The van der Waals surface area contributed by atoms with Gasteiger partial charge in [0.05, 0.1) is 5.56 Å². The second-order valence-electron chi connectivity index (χ2n) is 4.38. The van der Waals surface area contributed by atoms with Gasteiger partial charge in [-0.05, 0) is 31.4 Å². The number of hydrogen-bond donors (Lipinski definition) is 0. The van der Waals surface area contributed by atoms with Gasteiger partial charge in [0.25, 0.3) is 0 Å². The topological polar surface area (TPSA) is 26.3 Å². The Kier molecular flexibility index (Phi) is 2.64. The van der Waals surface area contributed by atoms with Crippen molar-refractivity contribution in [3.63, 3.8) is 0 Å². The maximum atomic E-state index is 11.9. The average Bonchev–Trinajstić information content (AvgIpc) is 2.45. The molecule has 0 spiro atoms. The number of benzene rings is 1. The Hall–Kier alpha value is -0.960. The lowest BCUT2D eigenvalue weighted by molar-refractivity contribution is 0.0235. The predicted molar refractivity (Wildman–Crippen MR) is 63.8 cm³/mol. The van der Waals surface area contributed by atoms with Crippen molar-refractivity contribution < 1.29 is 9.53 Å². The van der Waals surface area contributed by atoms with Crippen molar-refractivity contribution >= 4 is 17.7 Å². The van der Waals surface area contributed by atoms with Crippen molar-refractivity contribution in [2.24, 2.45) is 0 Å². The van der Waals surface area contributed by atoms with Crippen molar-refractivity contribution in [3.05, 3.63) is 29.8 Å². The van der Waals surface area contributed by atoms with Crippen LogP contribution in [0.25, 0.3) is 0 Å². The molecule has 3 rings (SSSR count). The third-order valence-corrected chi connectivity index (χ3v) is 4.74. The van der Waals surface area contributed by atoms with Crippen LogP contribution in [0.2, 0.25) is 0 Å². The van der Waals surface area contributed by atoms with Gasteiger partial charge in [-0.3, -0.25) is 0 Å². The lowest BCUT2D eigenvalue weighted by Gasteiger charge is -2.28. The minimum absolute atomic E-state index is 0.124. The van der Waals surface area contributed by atoms with E-state index in [1.54, 1.807) is 0 Å². The second kappa shape index (κ2) is 4.13. The number of fused-ring (bicyclic) bond motifs is 2. The molecule has 2 nitrogen and oxygen atoms in total. The number of rotatable bonds is 0. The molecule has 3 heteroatoms. The molecular weight excluding hydrogens is 220 g/mol. The lowest BCUT2D eigenvalue weighted by Crippen LogP contribution is -2.30. The zero-order valence-corrected chi connectivity index (χ0v) is 9.83. The van der Waals surface area contributed by atoms with E-state index in [-0.39, 0.29) is 12.1 Å². The van der Waals surface area contributed by atoms with Gasteiger partial charge in [-0.1, -0.05) is 18.6 Å².